The molecule has 1 aromatic rings. The van der Waals surface area contributed by atoms with Gasteiger partial charge in [0.25, 0.3) is 5.69 Å². The van der Waals surface area contributed by atoms with Crippen molar-refractivity contribution in [2.75, 3.05) is 11.9 Å². The fourth-order valence-corrected chi connectivity index (χ4v) is 2.15. The molecular formula is C12H13F3N2O3. The zero-order valence-corrected chi connectivity index (χ0v) is 10.6. The molecule has 5 nitrogen and oxygen atoms in total. The Bertz CT molecular complexity index is 519. The standard InChI is InChI=1S/C12H13F3N2O3/c1-7-10(4-5-20-7)16-8-2-3-11(17(18)19)9(6-8)12(13,14)15/h2-3,6-7,10,16H,4-5H2,1H3. The second-order valence-corrected chi connectivity index (χ2v) is 4.60. The molecule has 1 N–H and O–H groups in total. The SMILES string of the molecule is CC1OCCC1Nc1ccc([N+](=O)[O-])c(C(F)(F)F)c1. The van der Waals surface area contributed by atoms with Crippen LogP contribution in [0, 0.1) is 10.1 Å². The van der Waals surface area contributed by atoms with Crippen LogP contribution in [0.15, 0.2) is 18.2 Å². The van der Waals surface area contributed by atoms with Crippen molar-refractivity contribution in [3.8, 4) is 0 Å². The number of halogens is 3. The third-order valence-electron chi connectivity index (χ3n) is 3.23. The molecule has 1 heterocycles. The Balaban J connectivity index is 2.30. The van der Waals surface area contributed by atoms with Crippen molar-refractivity contribution >= 4 is 11.4 Å². The van der Waals surface area contributed by atoms with Gasteiger partial charge in [-0.1, -0.05) is 0 Å². The molecule has 2 unspecified atom stereocenters. The van der Waals surface area contributed by atoms with E-state index >= 15 is 0 Å². The van der Waals surface area contributed by atoms with Crippen molar-refractivity contribution in [3.05, 3.63) is 33.9 Å². The number of nitrogens with one attached hydrogen (secondary N) is 1. The van der Waals surface area contributed by atoms with Gasteiger partial charge in [0.1, 0.15) is 5.56 Å². The van der Waals surface area contributed by atoms with Gasteiger partial charge in [-0.05, 0) is 25.5 Å². The average Bonchev–Trinajstić information content (AvgIpc) is 2.73. The number of nitrogens with zero attached hydrogens (tertiary/aromatic N) is 1. The van der Waals surface area contributed by atoms with E-state index < -0.39 is 22.4 Å². The highest BCUT2D eigenvalue weighted by Gasteiger charge is 2.38. The molecule has 0 radical (unpaired) electrons. The van der Waals surface area contributed by atoms with Crippen molar-refractivity contribution in [1.82, 2.24) is 0 Å². The predicted octanol–water partition coefficient (Wildman–Crippen LogP) is 3.20. The number of hydrogen-bond acceptors (Lipinski definition) is 4. The van der Waals surface area contributed by atoms with Crippen LogP contribution in [0.4, 0.5) is 24.5 Å². The van der Waals surface area contributed by atoms with E-state index in [1.807, 2.05) is 6.92 Å². The molecule has 8 heteroatoms. The largest absolute Gasteiger partial charge is 0.423 e. The van der Waals surface area contributed by atoms with Crippen molar-refractivity contribution < 1.29 is 22.8 Å². The molecule has 1 fully saturated rings. The summed E-state index contributed by atoms with van der Waals surface area (Å²) in [7, 11) is 0. The van der Waals surface area contributed by atoms with E-state index in [0.29, 0.717) is 13.0 Å². The smallest absolute Gasteiger partial charge is 0.380 e. The number of hydrogen-bond donors (Lipinski definition) is 1. The first-order chi connectivity index (χ1) is 9.29. The van der Waals surface area contributed by atoms with E-state index in [-0.39, 0.29) is 17.8 Å². The van der Waals surface area contributed by atoms with Gasteiger partial charge in [0.2, 0.25) is 0 Å². The topological polar surface area (TPSA) is 64.4 Å². The molecule has 0 bridgehead atoms. The number of alkyl halides is 3. The van der Waals surface area contributed by atoms with Gasteiger partial charge in [-0.25, -0.2) is 0 Å². The van der Waals surface area contributed by atoms with Crippen LogP contribution >= 0.6 is 0 Å². The average molecular weight is 290 g/mol. The van der Waals surface area contributed by atoms with Gasteiger partial charge in [0.05, 0.1) is 17.1 Å². The third-order valence-corrected chi connectivity index (χ3v) is 3.23. The summed E-state index contributed by atoms with van der Waals surface area (Å²) in [6.07, 6.45) is -4.20. The maximum absolute atomic E-state index is 12.8. The quantitative estimate of drug-likeness (QED) is 0.686. The van der Waals surface area contributed by atoms with E-state index in [4.69, 9.17) is 4.74 Å². The fourth-order valence-electron chi connectivity index (χ4n) is 2.15. The fraction of sp³-hybridized carbons (Fsp3) is 0.500. The second-order valence-electron chi connectivity index (χ2n) is 4.60. The lowest BCUT2D eigenvalue weighted by Gasteiger charge is -2.18. The molecule has 1 saturated heterocycles. The zero-order valence-electron chi connectivity index (χ0n) is 10.6. The Labute approximate surface area is 112 Å². The van der Waals surface area contributed by atoms with Crippen molar-refractivity contribution in [2.45, 2.75) is 31.7 Å². The lowest BCUT2D eigenvalue weighted by atomic mass is 10.1. The monoisotopic (exact) mass is 290 g/mol. The number of nitro benzene ring substituents is 1. The minimum Gasteiger partial charge on any atom is -0.380 e. The van der Waals surface area contributed by atoms with Gasteiger partial charge in [0, 0.05) is 18.4 Å². The highest BCUT2D eigenvalue weighted by atomic mass is 19.4. The van der Waals surface area contributed by atoms with Crippen molar-refractivity contribution in [2.24, 2.45) is 0 Å². The van der Waals surface area contributed by atoms with Crippen LogP contribution in [-0.2, 0) is 10.9 Å². The van der Waals surface area contributed by atoms with Gasteiger partial charge >= 0.3 is 6.18 Å². The van der Waals surface area contributed by atoms with E-state index in [1.54, 1.807) is 0 Å². The number of benzene rings is 1. The summed E-state index contributed by atoms with van der Waals surface area (Å²) in [5.41, 5.74) is -2.00. The van der Waals surface area contributed by atoms with Gasteiger partial charge < -0.3 is 10.1 Å². The molecular weight excluding hydrogens is 277 g/mol. The zero-order chi connectivity index (χ0) is 14.9. The second kappa shape index (κ2) is 5.28. The molecule has 0 amide bonds. The number of nitro groups is 1. The Kier molecular flexibility index (Phi) is 3.85. The van der Waals surface area contributed by atoms with Crippen LogP contribution in [-0.4, -0.2) is 23.7 Å². The minimum absolute atomic E-state index is 0.0995. The Morgan fingerprint density at radius 3 is 2.65 bits per heavy atom. The van der Waals surface area contributed by atoms with Gasteiger partial charge in [-0.2, -0.15) is 13.2 Å². The van der Waals surface area contributed by atoms with Crippen LogP contribution in [0.3, 0.4) is 0 Å². The van der Waals surface area contributed by atoms with E-state index in [1.165, 1.54) is 6.07 Å². The number of rotatable bonds is 3. The summed E-state index contributed by atoms with van der Waals surface area (Å²) in [5.74, 6) is 0. The van der Waals surface area contributed by atoms with E-state index in [0.717, 1.165) is 12.1 Å². The first-order valence-electron chi connectivity index (χ1n) is 6.03. The minimum atomic E-state index is -4.77. The molecule has 110 valence electrons. The third kappa shape index (κ3) is 3.01. The molecule has 2 atom stereocenters. The summed E-state index contributed by atoms with van der Waals surface area (Å²) < 4.78 is 43.8. The van der Waals surface area contributed by atoms with Gasteiger partial charge in [-0.15, -0.1) is 0 Å². The molecule has 1 aliphatic heterocycles. The van der Waals surface area contributed by atoms with Crippen LogP contribution < -0.4 is 5.32 Å². The normalized spacial score (nSPS) is 22.8. The lowest BCUT2D eigenvalue weighted by Crippen LogP contribution is -2.26. The molecule has 20 heavy (non-hydrogen) atoms. The van der Waals surface area contributed by atoms with Crippen LogP contribution in [0.5, 0.6) is 0 Å². The molecule has 0 spiro atoms. The highest BCUT2D eigenvalue weighted by molar-refractivity contribution is 5.55. The summed E-state index contributed by atoms with van der Waals surface area (Å²) in [4.78, 5) is 9.61. The van der Waals surface area contributed by atoms with Crippen LogP contribution in [0.1, 0.15) is 18.9 Å². The molecule has 0 aromatic heterocycles. The summed E-state index contributed by atoms with van der Waals surface area (Å²) in [6, 6.07) is 2.81. The van der Waals surface area contributed by atoms with Crippen LogP contribution in [0.25, 0.3) is 0 Å². The van der Waals surface area contributed by atoms with E-state index in [9.17, 15) is 23.3 Å². The first-order valence-corrected chi connectivity index (χ1v) is 6.03. The van der Waals surface area contributed by atoms with Crippen molar-refractivity contribution in [1.29, 1.82) is 0 Å². The molecule has 1 aliphatic rings. The van der Waals surface area contributed by atoms with Gasteiger partial charge in [-0.3, -0.25) is 10.1 Å². The van der Waals surface area contributed by atoms with Crippen molar-refractivity contribution in [3.63, 3.8) is 0 Å². The molecule has 0 saturated carbocycles. The van der Waals surface area contributed by atoms with Gasteiger partial charge in [0.15, 0.2) is 0 Å². The van der Waals surface area contributed by atoms with E-state index in [2.05, 4.69) is 5.32 Å². The number of anilines is 1. The predicted molar refractivity (Wildman–Crippen MR) is 65.5 cm³/mol. The Morgan fingerprint density at radius 1 is 1.45 bits per heavy atom. The molecule has 0 aliphatic carbocycles. The summed E-state index contributed by atoms with van der Waals surface area (Å²) in [6.45, 7) is 2.36. The summed E-state index contributed by atoms with van der Waals surface area (Å²) in [5, 5.41) is 13.6. The Hall–Kier alpha value is -1.83. The lowest BCUT2D eigenvalue weighted by molar-refractivity contribution is -0.388. The molecule has 1 aromatic carbocycles. The highest BCUT2D eigenvalue weighted by Crippen LogP contribution is 2.37. The van der Waals surface area contributed by atoms with Crippen LogP contribution in [0.2, 0.25) is 0 Å². The maximum atomic E-state index is 12.8. The summed E-state index contributed by atoms with van der Waals surface area (Å²) >= 11 is 0. The maximum Gasteiger partial charge on any atom is 0.423 e. The molecule has 2 rings (SSSR count). The number of ether oxygens (including phenoxy) is 1. The Morgan fingerprint density at radius 2 is 2.15 bits per heavy atom. The first kappa shape index (κ1) is 14.6.